The molecule has 3 rings (SSSR count). The number of carboxylic acid groups (broad SMARTS) is 1. The summed E-state index contributed by atoms with van der Waals surface area (Å²) in [7, 11) is -3.61. The Hall–Kier alpha value is -0.670. The van der Waals surface area contributed by atoms with Crippen LogP contribution in [-0.4, -0.2) is 49.6 Å². The maximum atomic E-state index is 12.4. The van der Waals surface area contributed by atoms with Gasteiger partial charge in [0.15, 0.2) is 0 Å². The smallest absolute Gasteiger partial charge is 0.309 e. The van der Waals surface area contributed by atoms with Crippen molar-refractivity contribution in [3.8, 4) is 0 Å². The van der Waals surface area contributed by atoms with Gasteiger partial charge in [0.25, 0.3) is 10.0 Å². The molecular weight excluding hydrogens is 326 g/mol. The summed E-state index contributed by atoms with van der Waals surface area (Å²) < 4.78 is 32.1. The van der Waals surface area contributed by atoms with E-state index in [1.165, 1.54) is 16.4 Å². The molecule has 1 aromatic rings. The predicted molar refractivity (Wildman–Crippen MR) is 72.4 cm³/mol. The van der Waals surface area contributed by atoms with Crippen LogP contribution in [0.4, 0.5) is 0 Å². The highest BCUT2D eigenvalue weighted by molar-refractivity contribution is 7.91. The Morgan fingerprint density at radius 2 is 2.20 bits per heavy atom. The first kappa shape index (κ1) is 14.3. The van der Waals surface area contributed by atoms with E-state index >= 15 is 0 Å². The van der Waals surface area contributed by atoms with Crippen molar-refractivity contribution in [1.29, 1.82) is 0 Å². The van der Waals surface area contributed by atoms with E-state index in [4.69, 9.17) is 21.4 Å². The van der Waals surface area contributed by atoms with Gasteiger partial charge < -0.3 is 9.84 Å². The second-order valence-corrected chi connectivity index (χ2v) is 8.74. The molecule has 3 atom stereocenters. The molecule has 2 fully saturated rings. The zero-order valence-corrected chi connectivity index (χ0v) is 12.6. The van der Waals surface area contributed by atoms with Crippen LogP contribution < -0.4 is 0 Å². The topological polar surface area (TPSA) is 83.9 Å². The fourth-order valence-corrected chi connectivity index (χ4v) is 5.82. The van der Waals surface area contributed by atoms with Crippen molar-refractivity contribution in [1.82, 2.24) is 4.31 Å². The number of ether oxygens (including phenoxy) is 1. The minimum absolute atomic E-state index is 0.156. The van der Waals surface area contributed by atoms with Crippen LogP contribution in [0.25, 0.3) is 0 Å². The summed E-state index contributed by atoms with van der Waals surface area (Å²) in [6, 6.07) is 3.00. The van der Waals surface area contributed by atoms with E-state index in [-0.39, 0.29) is 35.9 Å². The first-order valence-corrected chi connectivity index (χ1v) is 8.63. The van der Waals surface area contributed by atoms with Gasteiger partial charge in [0, 0.05) is 19.0 Å². The first-order chi connectivity index (χ1) is 9.39. The van der Waals surface area contributed by atoms with Crippen LogP contribution in [0.2, 0.25) is 4.34 Å². The van der Waals surface area contributed by atoms with Gasteiger partial charge in [-0.25, -0.2) is 8.42 Å². The Morgan fingerprint density at radius 3 is 2.80 bits per heavy atom. The molecule has 0 unspecified atom stereocenters. The molecule has 9 heteroatoms. The van der Waals surface area contributed by atoms with E-state index in [0.717, 1.165) is 11.3 Å². The zero-order valence-electron chi connectivity index (χ0n) is 10.2. The van der Waals surface area contributed by atoms with Crippen LogP contribution in [0.1, 0.15) is 0 Å². The van der Waals surface area contributed by atoms with Gasteiger partial charge in [-0.2, -0.15) is 4.31 Å². The molecule has 2 aliphatic rings. The number of thiophene rings is 1. The third kappa shape index (κ3) is 2.25. The quantitative estimate of drug-likeness (QED) is 0.893. The molecule has 2 saturated heterocycles. The molecule has 6 nitrogen and oxygen atoms in total. The lowest BCUT2D eigenvalue weighted by atomic mass is 9.94. The Balaban J connectivity index is 1.82. The minimum atomic E-state index is -3.61. The standard InChI is InChI=1S/C11H12ClNO5S2/c12-9-1-2-10(19-9)20(16,17)13-3-6-7(11(14)15)5-18-8(6)4-13/h1-2,6-8H,3-5H2,(H,14,15)/t6-,7-,8-/m1/s1. The normalized spacial score (nSPS) is 30.6. The molecule has 2 aliphatic heterocycles. The summed E-state index contributed by atoms with van der Waals surface area (Å²) in [4.78, 5) is 11.1. The second-order valence-electron chi connectivity index (χ2n) is 4.86. The molecular formula is C11H12ClNO5S2. The number of nitrogens with zero attached hydrogens (tertiary/aromatic N) is 1. The van der Waals surface area contributed by atoms with Crippen LogP contribution in [0.15, 0.2) is 16.3 Å². The number of carbonyl (C=O) groups is 1. The second kappa shape index (κ2) is 4.96. The van der Waals surface area contributed by atoms with E-state index in [0.29, 0.717) is 4.34 Å². The lowest BCUT2D eigenvalue weighted by Gasteiger charge is -2.17. The van der Waals surface area contributed by atoms with Crippen molar-refractivity contribution in [2.45, 2.75) is 10.3 Å². The van der Waals surface area contributed by atoms with Crippen LogP contribution in [0.3, 0.4) is 0 Å². The molecule has 0 aromatic carbocycles. The van der Waals surface area contributed by atoms with Crippen molar-refractivity contribution >= 4 is 38.9 Å². The number of hydrogen-bond donors (Lipinski definition) is 1. The molecule has 110 valence electrons. The van der Waals surface area contributed by atoms with Gasteiger partial charge in [-0.05, 0) is 12.1 Å². The average Bonchev–Trinajstić information content (AvgIpc) is 3.01. The SMILES string of the molecule is O=C(O)[C@@H]1CO[C@@H]2CN(S(=O)(=O)c3ccc(Cl)s3)C[C@@H]21. The van der Waals surface area contributed by atoms with E-state index < -0.39 is 21.9 Å². The summed E-state index contributed by atoms with van der Waals surface area (Å²) in [5.74, 6) is -1.85. The fourth-order valence-electron chi connectivity index (χ4n) is 2.69. The molecule has 0 radical (unpaired) electrons. The number of fused-ring (bicyclic) bond motifs is 1. The number of carboxylic acids is 1. The predicted octanol–water partition coefficient (Wildman–Crippen LogP) is 1.12. The number of sulfonamides is 1. The summed E-state index contributed by atoms with van der Waals surface area (Å²) in [6.07, 6.45) is -0.332. The van der Waals surface area contributed by atoms with Gasteiger partial charge in [-0.15, -0.1) is 11.3 Å². The van der Waals surface area contributed by atoms with Gasteiger partial charge in [0.2, 0.25) is 0 Å². The number of hydrogen-bond acceptors (Lipinski definition) is 5. The van der Waals surface area contributed by atoms with Crippen molar-refractivity contribution in [2.75, 3.05) is 19.7 Å². The van der Waals surface area contributed by atoms with Crippen LogP contribution in [0.5, 0.6) is 0 Å². The summed E-state index contributed by atoms with van der Waals surface area (Å²) >= 11 is 6.76. The summed E-state index contributed by atoms with van der Waals surface area (Å²) in [5.41, 5.74) is 0. The molecule has 3 heterocycles. The molecule has 0 amide bonds. The fraction of sp³-hybridized carbons (Fsp3) is 0.545. The third-order valence-electron chi connectivity index (χ3n) is 3.74. The monoisotopic (exact) mass is 337 g/mol. The highest BCUT2D eigenvalue weighted by atomic mass is 35.5. The minimum Gasteiger partial charge on any atom is -0.481 e. The van der Waals surface area contributed by atoms with Crippen LogP contribution in [0, 0.1) is 11.8 Å². The molecule has 0 bridgehead atoms. The molecule has 0 saturated carbocycles. The van der Waals surface area contributed by atoms with Gasteiger partial charge >= 0.3 is 5.97 Å². The maximum Gasteiger partial charge on any atom is 0.309 e. The molecule has 0 spiro atoms. The van der Waals surface area contributed by atoms with Crippen molar-refractivity contribution < 1.29 is 23.1 Å². The largest absolute Gasteiger partial charge is 0.481 e. The van der Waals surface area contributed by atoms with E-state index in [1.54, 1.807) is 0 Å². The molecule has 1 N–H and O–H groups in total. The van der Waals surface area contributed by atoms with E-state index in [1.807, 2.05) is 0 Å². The lowest BCUT2D eigenvalue weighted by molar-refractivity contribution is -0.142. The highest BCUT2D eigenvalue weighted by Crippen LogP contribution is 2.37. The van der Waals surface area contributed by atoms with Crippen molar-refractivity contribution in [3.63, 3.8) is 0 Å². The Labute approximate surface area is 125 Å². The Kier molecular flexibility index (Phi) is 3.54. The lowest BCUT2D eigenvalue weighted by Crippen LogP contribution is -2.32. The van der Waals surface area contributed by atoms with Gasteiger partial charge in [-0.3, -0.25) is 4.79 Å². The van der Waals surface area contributed by atoms with Crippen molar-refractivity contribution in [3.05, 3.63) is 16.5 Å². The van der Waals surface area contributed by atoms with Crippen LogP contribution in [-0.2, 0) is 19.6 Å². The summed E-state index contributed by atoms with van der Waals surface area (Å²) in [5, 5.41) is 9.11. The maximum absolute atomic E-state index is 12.4. The average molecular weight is 338 g/mol. The highest BCUT2D eigenvalue weighted by Gasteiger charge is 2.50. The van der Waals surface area contributed by atoms with Crippen LogP contribution >= 0.6 is 22.9 Å². The molecule has 20 heavy (non-hydrogen) atoms. The van der Waals surface area contributed by atoms with Gasteiger partial charge in [-0.1, -0.05) is 11.6 Å². The first-order valence-electron chi connectivity index (χ1n) is 5.99. The Bertz CT molecular complexity index is 643. The number of halogens is 1. The van der Waals surface area contributed by atoms with Gasteiger partial charge in [0.05, 0.1) is 23.0 Å². The van der Waals surface area contributed by atoms with Gasteiger partial charge in [0.1, 0.15) is 4.21 Å². The molecule has 1 aromatic heterocycles. The van der Waals surface area contributed by atoms with E-state index in [2.05, 4.69) is 0 Å². The molecule has 0 aliphatic carbocycles. The summed E-state index contributed by atoms with van der Waals surface area (Å²) in [6.45, 7) is 0.537. The number of aliphatic carboxylic acids is 1. The van der Waals surface area contributed by atoms with Crippen molar-refractivity contribution in [2.24, 2.45) is 11.8 Å². The zero-order chi connectivity index (χ0) is 14.5. The van der Waals surface area contributed by atoms with E-state index in [9.17, 15) is 13.2 Å². The third-order valence-corrected chi connectivity index (χ3v) is 7.27. The number of rotatable bonds is 3. The Morgan fingerprint density at radius 1 is 1.45 bits per heavy atom.